The molecule has 34 heavy (non-hydrogen) atoms. The molecule has 7 rings (SSSR count). The average molecular weight is 460 g/mol. The summed E-state index contributed by atoms with van der Waals surface area (Å²) in [5.41, 5.74) is 1.36. The van der Waals surface area contributed by atoms with Crippen molar-refractivity contribution in [2.75, 3.05) is 0 Å². The molecule has 4 fully saturated rings. The topological polar surface area (TPSA) is 98.1 Å². The number of pyridine rings is 1. The average Bonchev–Trinajstić information content (AvgIpc) is 3.07. The number of nitrogens with one attached hydrogen (secondary N) is 2. The van der Waals surface area contributed by atoms with E-state index in [9.17, 15) is 9.59 Å². The Morgan fingerprint density at radius 2 is 1.71 bits per heavy atom. The largest absolute Gasteiger partial charge is 0.414 e. The van der Waals surface area contributed by atoms with Crippen LogP contribution >= 0.6 is 0 Å². The van der Waals surface area contributed by atoms with Gasteiger partial charge in [-0.15, -0.1) is 0 Å². The van der Waals surface area contributed by atoms with Crippen LogP contribution in [0.1, 0.15) is 54.7 Å². The zero-order chi connectivity index (χ0) is 23.5. The first-order valence-corrected chi connectivity index (χ1v) is 12.0. The van der Waals surface area contributed by atoms with Gasteiger partial charge in [0.05, 0.1) is 10.9 Å². The van der Waals surface area contributed by atoms with Crippen LogP contribution in [0.5, 0.6) is 5.88 Å². The smallest absolute Gasteiger partial charge is 0.391 e. The maximum atomic E-state index is 13.1. The van der Waals surface area contributed by atoms with Gasteiger partial charge in [0.2, 0.25) is 5.88 Å². The van der Waals surface area contributed by atoms with Crippen LogP contribution < -0.4 is 15.4 Å². The summed E-state index contributed by atoms with van der Waals surface area (Å²) in [6.07, 6.45) is 5.16. The number of hydrogen-bond acceptors (Lipinski definition) is 5. The maximum Gasteiger partial charge on any atom is 0.414 e. The summed E-state index contributed by atoms with van der Waals surface area (Å²) in [4.78, 5) is 30.6. The van der Waals surface area contributed by atoms with Crippen LogP contribution in [0.15, 0.2) is 42.5 Å². The lowest BCUT2D eigenvalue weighted by Crippen LogP contribution is -2.70. The van der Waals surface area contributed by atoms with Gasteiger partial charge >= 0.3 is 6.09 Å². The third-order valence-electron chi connectivity index (χ3n) is 7.80. The van der Waals surface area contributed by atoms with E-state index in [0.29, 0.717) is 29.8 Å². The highest BCUT2D eigenvalue weighted by Gasteiger charge is 2.59. The molecule has 4 aliphatic rings. The van der Waals surface area contributed by atoms with Gasteiger partial charge < -0.3 is 15.4 Å². The van der Waals surface area contributed by atoms with Crippen molar-refractivity contribution < 1.29 is 14.3 Å². The van der Waals surface area contributed by atoms with Crippen LogP contribution in [-0.4, -0.2) is 37.8 Å². The highest BCUT2D eigenvalue weighted by molar-refractivity contribution is 5.93. The molecule has 1 aromatic carbocycles. The fourth-order valence-corrected chi connectivity index (χ4v) is 7.10. The second-order valence-electron chi connectivity index (χ2n) is 10.6. The Morgan fingerprint density at radius 3 is 2.44 bits per heavy atom. The monoisotopic (exact) mass is 459 g/mol. The van der Waals surface area contributed by atoms with E-state index in [4.69, 9.17) is 4.74 Å². The van der Waals surface area contributed by atoms with E-state index in [-0.39, 0.29) is 17.0 Å². The van der Waals surface area contributed by atoms with E-state index in [2.05, 4.69) is 20.7 Å². The van der Waals surface area contributed by atoms with E-state index in [1.807, 2.05) is 43.3 Å². The van der Waals surface area contributed by atoms with E-state index in [1.54, 1.807) is 17.8 Å². The van der Waals surface area contributed by atoms with Crippen molar-refractivity contribution in [3.63, 3.8) is 0 Å². The van der Waals surface area contributed by atoms with E-state index in [1.165, 1.54) is 0 Å². The van der Waals surface area contributed by atoms with Crippen molar-refractivity contribution in [2.45, 2.75) is 56.5 Å². The minimum Gasteiger partial charge on any atom is -0.391 e. The SMILES string of the molecule is Cc1cccc(C(=O)NC23CC4CC(CC(NC(=O)Oc5c6ccccc6nn5C)(C4)C2)C3)n1. The second-order valence-corrected chi connectivity index (χ2v) is 10.6. The van der Waals surface area contributed by atoms with Crippen LogP contribution in [0.2, 0.25) is 0 Å². The molecule has 0 radical (unpaired) electrons. The number of aryl methyl sites for hydroxylation is 2. The van der Waals surface area contributed by atoms with Crippen LogP contribution in [-0.2, 0) is 7.05 Å². The summed E-state index contributed by atoms with van der Waals surface area (Å²) in [5, 5.41) is 11.8. The number of nitrogens with zero attached hydrogens (tertiary/aromatic N) is 3. The minimum absolute atomic E-state index is 0.135. The highest BCUT2D eigenvalue weighted by atomic mass is 16.6. The van der Waals surface area contributed by atoms with Gasteiger partial charge in [0.25, 0.3) is 5.91 Å². The molecule has 0 spiro atoms. The summed E-state index contributed by atoms with van der Waals surface area (Å²) in [5.74, 6) is 1.26. The van der Waals surface area contributed by atoms with Gasteiger partial charge in [-0.05, 0) is 81.5 Å². The molecule has 176 valence electrons. The van der Waals surface area contributed by atoms with Crippen molar-refractivity contribution in [1.29, 1.82) is 0 Å². The van der Waals surface area contributed by atoms with E-state index < -0.39 is 6.09 Å². The molecule has 2 amide bonds. The van der Waals surface area contributed by atoms with Gasteiger partial charge in [0.15, 0.2) is 0 Å². The molecule has 2 N–H and O–H groups in total. The number of carbonyl (C=O) groups excluding carboxylic acids is 2. The first kappa shape index (κ1) is 21.1. The Bertz CT molecular complexity index is 1280. The number of aromatic nitrogens is 3. The highest BCUT2D eigenvalue weighted by Crippen LogP contribution is 2.57. The summed E-state index contributed by atoms with van der Waals surface area (Å²) < 4.78 is 7.38. The fourth-order valence-electron chi connectivity index (χ4n) is 7.10. The van der Waals surface area contributed by atoms with E-state index >= 15 is 0 Å². The number of rotatable bonds is 4. The lowest BCUT2D eigenvalue weighted by Gasteiger charge is -2.61. The van der Waals surface area contributed by atoms with Crippen LogP contribution in [0.25, 0.3) is 10.9 Å². The minimum atomic E-state index is -0.461. The van der Waals surface area contributed by atoms with Crippen molar-refractivity contribution in [1.82, 2.24) is 25.4 Å². The molecule has 2 unspecified atom stereocenters. The van der Waals surface area contributed by atoms with Gasteiger partial charge in [-0.25, -0.2) is 14.5 Å². The van der Waals surface area contributed by atoms with Gasteiger partial charge in [-0.1, -0.05) is 18.2 Å². The molecule has 0 aliphatic heterocycles. The van der Waals surface area contributed by atoms with Crippen molar-refractivity contribution >= 4 is 22.9 Å². The number of amides is 2. The molecule has 2 aromatic heterocycles. The molecule has 4 aliphatic carbocycles. The zero-order valence-corrected chi connectivity index (χ0v) is 19.5. The lowest BCUT2D eigenvalue weighted by atomic mass is 9.50. The standard InChI is InChI=1S/C26H29N5O3/c1-16-6-5-9-21(27-16)22(32)28-25-11-17-10-18(12-25)14-26(13-17,15-25)29-24(33)34-23-19-7-3-4-8-20(19)30-31(23)2/h3-9,17-18H,10-15H2,1-2H3,(H,28,32)(H,29,33). The maximum absolute atomic E-state index is 13.1. The predicted octanol–water partition coefficient (Wildman–Crippen LogP) is 3.89. The van der Waals surface area contributed by atoms with Crippen LogP contribution in [0.3, 0.4) is 0 Å². The molecule has 2 heterocycles. The Kier molecular flexibility index (Phi) is 4.69. The van der Waals surface area contributed by atoms with Gasteiger partial charge in [-0.3, -0.25) is 4.79 Å². The summed E-state index contributed by atoms with van der Waals surface area (Å²) in [6, 6.07) is 13.1. The number of ether oxygens (including phenoxy) is 1. The summed E-state index contributed by atoms with van der Waals surface area (Å²) >= 11 is 0. The van der Waals surface area contributed by atoms with Crippen LogP contribution in [0.4, 0.5) is 4.79 Å². The van der Waals surface area contributed by atoms with Gasteiger partial charge in [0.1, 0.15) is 5.69 Å². The predicted molar refractivity (Wildman–Crippen MR) is 126 cm³/mol. The normalized spacial score (nSPS) is 29.2. The first-order valence-electron chi connectivity index (χ1n) is 12.0. The molecule has 0 saturated heterocycles. The quantitative estimate of drug-likeness (QED) is 0.617. The van der Waals surface area contributed by atoms with Crippen molar-refractivity contribution in [3.05, 3.63) is 53.9 Å². The molecule has 8 heteroatoms. The molecular weight excluding hydrogens is 430 g/mol. The summed E-state index contributed by atoms with van der Waals surface area (Å²) in [6.45, 7) is 1.89. The van der Waals surface area contributed by atoms with Gasteiger partial charge in [-0.2, -0.15) is 5.10 Å². The fraction of sp³-hybridized carbons (Fsp3) is 0.462. The zero-order valence-electron chi connectivity index (χ0n) is 19.5. The molecule has 8 nitrogen and oxygen atoms in total. The second kappa shape index (κ2) is 7.55. The Morgan fingerprint density at radius 1 is 1.00 bits per heavy atom. The van der Waals surface area contributed by atoms with E-state index in [0.717, 1.165) is 48.7 Å². The van der Waals surface area contributed by atoms with Crippen molar-refractivity contribution in [3.8, 4) is 5.88 Å². The molecule has 4 saturated carbocycles. The molecule has 4 bridgehead atoms. The number of carbonyl (C=O) groups is 2. The number of fused-ring (bicyclic) bond motifs is 1. The lowest BCUT2D eigenvalue weighted by molar-refractivity contribution is -0.0450. The first-order chi connectivity index (χ1) is 16.3. The molecule has 3 aromatic rings. The Balaban J connectivity index is 1.22. The number of hydrogen-bond donors (Lipinski definition) is 2. The van der Waals surface area contributed by atoms with Gasteiger partial charge in [0, 0.05) is 23.8 Å². The third-order valence-corrected chi connectivity index (χ3v) is 7.80. The Hall–Kier alpha value is -3.42. The van der Waals surface area contributed by atoms with Crippen molar-refractivity contribution in [2.24, 2.45) is 18.9 Å². The number of benzene rings is 1. The third kappa shape index (κ3) is 3.61. The Labute approximate surface area is 198 Å². The van der Waals surface area contributed by atoms with Crippen LogP contribution in [0, 0.1) is 18.8 Å². The molecular formula is C26H29N5O3. The molecule has 2 atom stereocenters. The summed E-state index contributed by atoms with van der Waals surface area (Å²) in [7, 11) is 1.77.